The van der Waals surface area contributed by atoms with Crippen LogP contribution in [0.4, 0.5) is 0 Å². The maximum Gasteiger partial charge on any atom is -0.0366 e. The lowest BCUT2D eigenvalue weighted by Crippen LogP contribution is -1.91. The van der Waals surface area contributed by atoms with Crippen molar-refractivity contribution in [3.05, 3.63) is 0 Å². The van der Waals surface area contributed by atoms with E-state index in [9.17, 15) is 0 Å². The van der Waals surface area contributed by atoms with Crippen LogP contribution in [-0.2, 0) is 0 Å². The van der Waals surface area contributed by atoms with Crippen LogP contribution in [0.3, 0.4) is 0 Å². The van der Waals surface area contributed by atoms with E-state index in [4.69, 9.17) is 0 Å². The summed E-state index contributed by atoms with van der Waals surface area (Å²) in [5.74, 6) is 0. The van der Waals surface area contributed by atoms with Crippen molar-refractivity contribution in [1.82, 2.24) is 0 Å². The van der Waals surface area contributed by atoms with Gasteiger partial charge >= 0.3 is 0 Å². The highest BCUT2D eigenvalue weighted by atomic mass is 31.2. The molecule has 1 radical (unpaired) electrons. The van der Waals surface area contributed by atoms with Crippen molar-refractivity contribution in [3.8, 4) is 0 Å². The lowest BCUT2D eigenvalue weighted by atomic mass is 10.3. The lowest BCUT2D eigenvalue weighted by molar-refractivity contribution is 0.775. The van der Waals surface area contributed by atoms with Gasteiger partial charge in [-0.1, -0.05) is 19.8 Å². The molecule has 0 aliphatic carbocycles. The van der Waals surface area contributed by atoms with Crippen LogP contribution in [0.5, 0.6) is 0 Å². The smallest absolute Gasteiger partial charge is 0.0366 e. The monoisotopic (exact) mass is 147 g/mol. The SMILES string of the molecule is CCCCC[P](C)(C)C. The fourth-order valence-electron chi connectivity index (χ4n) is 0.836. The normalized spacial score (nSPS) is 12.0. The minimum Gasteiger partial charge on any atom is -0.134 e. The summed E-state index contributed by atoms with van der Waals surface area (Å²) in [4.78, 5) is 0. The third-order valence-electron chi connectivity index (χ3n) is 1.43. The summed E-state index contributed by atoms with van der Waals surface area (Å²) in [6.45, 7) is 9.52. The number of unbranched alkanes of at least 4 members (excludes halogenated alkanes) is 2. The zero-order chi connectivity index (χ0) is 7.33. The molecule has 0 unspecified atom stereocenters. The van der Waals surface area contributed by atoms with Gasteiger partial charge < -0.3 is 0 Å². The van der Waals surface area contributed by atoms with E-state index in [1.165, 1.54) is 25.4 Å². The molecule has 0 saturated carbocycles. The summed E-state index contributed by atoms with van der Waals surface area (Å²) in [5.41, 5.74) is 0. The van der Waals surface area contributed by atoms with Crippen molar-refractivity contribution in [1.29, 1.82) is 0 Å². The third-order valence-corrected chi connectivity index (χ3v) is 3.09. The minimum atomic E-state index is -0.445. The molecule has 9 heavy (non-hydrogen) atoms. The Morgan fingerprint density at radius 2 is 1.56 bits per heavy atom. The zero-order valence-electron chi connectivity index (χ0n) is 7.28. The van der Waals surface area contributed by atoms with E-state index in [0.717, 1.165) is 0 Å². The molecule has 0 rings (SSSR count). The van der Waals surface area contributed by atoms with Crippen molar-refractivity contribution in [2.75, 3.05) is 26.2 Å². The molecule has 0 amide bonds. The molecule has 0 saturated heterocycles. The van der Waals surface area contributed by atoms with Crippen molar-refractivity contribution >= 4 is 7.26 Å². The highest BCUT2D eigenvalue weighted by Crippen LogP contribution is 2.47. The second-order valence-electron chi connectivity index (χ2n) is 3.72. The molecule has 0 aliphatic rings. The van der Waals surface area contributed by atoms with Crippen molar-refractivity contribution < 1.29 is 0 Å². The van der Waals surface area contributed by atoms with Gasteiger partial charge in [-0.25, -0.2) is 0 Å². The van der Waals surface area contributed by atoms with Crippen LogP contribution >= 0.6 is 7.26 Å². The van der Waals surface area contributed by atoms with E-state index in [1.54, 1.807) is 0 Å². The van der Waals surface area contributed by atoms with Crippen LogP contribution in [0.2, 0.25) is 0 Å². The van der Waals surface area contributed by atoms with Crippen LogP contribution in [0, 0.1) is 0 Å². The maximum absolute atomic E-state index is 2.42. The van der Waals surface area contributed by atoms with Gasteiger partial charge in [0.15, 0.2) is 0 Å². The van der Waals surface area contributed by atoms with Crippen LogP contribution in [0.15, 0.2) is 0 Å². The minimum absolute atomic E-state index is 0.445. The van der Waals surface area contributed by atoms with Crippen LogP contribution < -0.4 is 0 Å². The largest absolute Gasteiger partial charge is 0.134 e. The average Bonchev–Trinajstić information content (AvgIpc) is 1.63. The summed E-state index contributed by atoms with van der Waals surface area (Å²) in [6.07, 6.45) is 5.73. The van der Waals surface area contributed by atoms with Gasteiger partial charge in [0.25, 0.3) is 0 Å². The molecule has 0 aromatic rings. The first-order valence-corrected chi connectivity index (χ1v) is 7.18. The molecular formula is C8H20P. The summed E-state index contributed by atoms with van der Waals surface area (Å²) < 4.78 is 0. The van der Waals surface area contributed by atoms with Gasteiger partial charge in [0.05, 0.1) is 0 Å². The average molecular weight is 147 g/mol. The van der Waals surface area contributed by atoms with Crippen molar-refractivity contribution in [3.63, 3.8) is 0 Å². The molecule has 0 atom stereocenters. The van der Waals surface area contributed by atoms with Crippen LogP contribution in [-0.4, -0.2) is 26.2 Å². The fraction of sp³-hybridized carbons (Fsp3) is 1.00. The summed E-state index contributed by atoms with van der Waals surface area (Å²) in [7, 11) is -0.445. The Balaban J connectivity index is 3.07. The van der Waals surface area contributed by atoms with Gasteiger partial charge in [0.1, 0.15) is 0 Å². The van der Waals surface area contributed by atoms with E-state index in [2.05, 4.69) is 26.9 Å². The molecule has 0 spiro atoms. The van der Waals surface area contributed by atoms with Gasteiger partial charge in [0, 0.05) is 0 Å². The topological polar surface area (TPSA) is 0 Å². The first kappa shape index (κ1) is 9.43. The second kappa shape index (κ2) is 4.28. The summed E-state index contributed by atoms with van der Waals surface area (Å²) >= 11 is 0. The van der Waals surface area contributed by atoms with E-state index < -0.39 is 7.26 Å². The lowest BCUT2D eigenvalue weighted by Gasteiger charge is -2.20. The molecule has 1 heteroatoms. The summed E-state index contributed by atoms with van der Waals surface area (Å²) in [6, 6.07) is 0. The van der Waals surface area contributed by atoms with Crippen LogP contribution in [0.1, 0.15) is 26.2 Å². The Labute approximate surface area is 60.4 Å². The quantitative estimate of drug-likeness (QED) is 0.423. The molecule has 0 nitrogen and oxygen atoms in total. The van der Waals surface area contributed by atoms with Gasteiger partial charge in [0.2, 0.25) is 0 Å². The van der Waals surface area contributed by atoms with E-state index >= 15 is 0 Å². The van der Waals surface area contributed by atoms with Gasteiger partial charge in [-0.2, -0.15) is 0 Å². The fourth-order valence-corrected chi connectivity index (χ4v) is 2.01. The second-order valence-corrected chi connectivity index (χ2v) is 8.75. The molecule has 0 aromatic heterocycles. The van der Waals surface area contributed by atoms with E-state index in [0.29, 0.717) is 0 Å². The molecule has 0 aliphatic heterocycles. The Morgan fingerprint density at radius 3 is 1.89 bits per heavy atom. The van der Waals surface area contributed by atoms with Crippen molar-refractivity contribution in [2.45, 2.75) is 26.2 Å². The van der Waals surface area contributed by atoms with Crippen LogP contribution in [0.25, 0.3) is 0 Å². The Hall–Kier alpha value is 0.430. The summed E-state index contributed by atoms with van der Waals surface area (Å²) in [5, 5.41) is 0. The Kier molecular flexibility index (Phi) is 4.48. The van der Waals surface area contributed by atoms with Crippen molar-refractivity contribution in [2.24, 2.45) is 0 Å². The number of rotatable bonds is 4. The first-order chi connectivity index (χ1) is 4.06. The molecule has 0 fully saturated rings. The molecular weight excluding hydrogens is 127 g/mol. The standard InChI is InChI=1S/C8H20P/c1-5-6-7-8-9(2,3)4/h5-8H2,1-4H3. The molecule has 0 heterocycles. The van der Waals surface area contributed by atoms with E-state index in [-0.39, 0.29) is 0 Å². The van der Waals surface area contributed by atoms with Gasteiger partial charge in [-0.3, -0.25) is 0 Å². The predicted molar refractivity (Wildman–Crippen MR) is 49.1 cm³/mol. The highest BCUT2D eigenvalue weighted by molar-refractivity contribution is 7.73. The maximum atomic E-state index is 2.42. The Bertz CT molecular complexity index is 61.5. The highest BCUT2D eigenvalue weighted by Gasteiger charge is 2.04. The molecule has 0 N–H and O–H groups in total. The van der Waals surface area contributed by atoms with Gasteiger partial charge in [-0.05, 0) is 32.6 Å². The number of hydrogen-bond donors (Lipinski definition) is 0. The predicted octanol–water partition coefficient (Wildman–Crippen LogP) is 3.08. The van der Waals surface area contributed by atoms with E-state index in [1.807, 2.05) is 0 Å². The number of hydrogen-bond acceptors (Lipinski definition) is 0. The first-order valence-electron chi connectivity index (χ1n) is 3.86. The third kappa shape index (κ3) is 8.43. The molecule has 0 aromatic carbocycles. The molecule has 57 valence electrons. The molecule has 0 bridgehead atoms. The van der Waals surface area contributed by atoms with Gasteiger partial charge in [-0.15, -0.1) is 7.26 Å². The Morgan fingerprint density at radius 1 is 1.00 bits per heavy atom. The zero-order valence-corrected chi connectivity index (χ0v) is 8.17.